The first-order valence-corrected chi connectivity index (χ1v) is 10.4. The quantitative estimate of drug-likeness (QED) is 0.559. The molecule has 1 aromatic carbocycles. The third kappa shape index (κ3) is 5.64. The molecule has 3 rings (SSSR count). The fourth-order valence-electron chi connectivity index (χ4n) is 2.43. The molecule has 8 heteroatoms. The van der Waals surface area contributed by atoms with Crippen molar-refractivity contribution in [1.29, 1.82) is 0 Å². The van der Waals surface area contributed by atoms with Crippen molar-refractivity contribution < 1.29 is 19.1 Å². The van der Waals surface area contributed by atoms with Gasteiger partial charge < -0.3 is 14.8 Å². The minimum Gasteiger partial charge on any atom is -0.487 e. The van der Waals surface area contributed by atoms with E-state index in [-0.39, 0.29) is 18.6 Å². The second-order valence-electron chi connectivity index (χ2n) is 6.05. The number of thiophene rings is 1. The summed E-state index contributed by atoms with van der Waals surface area (Å²) in [6.07, 6.45) is 0. The minimum atomic E-state index is -0.555. The van der Waals surface area contributed by atoms with Crippen molar-refractivity contribution in [2.45, 2.75) is 26.5 Å². The van der Waals surface area contributed by atoms with Crippen LogP contribution in [-0.4, -0.2) is 23.5 Å². The SMILES string of the molecule is Cc1nc(COc2ccc(C(=O)OCC(=O)N[C@H](C)c3cccs3)cc2)cs1. The van der Waals surface area contributed by atoms with Crippen molar-refractivity contribution in [3.8, 4) is 5.75 Å². The van der Waals surface area contributed by atoms with Gasteiger partial charge in [-0.3, -0.25) is 4.79 Å². The second kappa shape index (κ2) is 9.48. The Bertz CT molecular complexity index is 920. The van der Waals surface area contributed by atoms with E-state index in [1.807, 2.05) is 36.7 Å². The molecule has 0 aliphatic rings. The zero-order valence-electron chi connectivity index (χ0n) is 15.5. The Kier molecular flexibility index (Phi) is 6.78. The number of nitrogens with zero attached hydrogens (tertiary/aromatic N) is 1. The van der Waals surface area contributed by atoms with Crippen LogP contribution in [0.25, 0.3) is 0 Å². The Hall–Kier alpha value is -2.71. The van der Waals surface area contributed by atoms with Crippen LogP contribution in [0.1, 0.15) is 38.9 Å². The smallest absolute Gasteiger partial charge is 0.338 e. The fraction of sp³-hybridized carbons (Fsp3) is 0.250. The number of hydrogen-bond acceptors (Lipinski definition) is 7. The van der Waals surface area contributed by atoms with Crippen LogP contribution in [0.2, 0.25) is 0 Å². The zero-order valence-corrected chi connectivity index (χ0v) is 17.1. The lowest BCUT2D eigenvalue weighted by Crippen LogP contribution is -2.30. The highest BCUT2D eigenvalue weighted by atomic mass is 32.1. The summed E-state index contributed by atoms with van der Waals surface area (Å²) in [5.74, 6) is -0.266. The topological polar surface area (TPSA) is 77.5 Å². The maximum Gasteiger partial charge on any atom is 0.338 e. The van der Waals surface area contributed by atoms with E-state index in [9.17, 15) is 9.59 Å². The molecule has 1 amide bonds. The molecule has 6 nitrogen and oxygen atoms in total. The van der Waals surface area contributed by atoms with Crippen LogP contribution in [0, 0.1) is 6.92 Å². The van der Waals surface area contributed by atoms with Crippen LogP contribution >= 0.6 is 22.7 Å². The second-order valence-corrected chi connectivity index (χ2v) is 8.09. The predicted octanol–water partition coefficient (Wildman–Crippen LogP) is 4.13. The van der Waals surface area contributed by atoms with Crippen molar-refractivity contribution in [2.75, 3.05) is 6.61 Å². The number of rotatable bonds is 8. The summed E-state index contributed by atoms with van der Waals surface area (Å²) < 4.78 is 10.7. The summed E-state index contributed by atoms with van der Waals surface area (Å²) in [5.41, 5.74) is 1.23. The highest BCUT2D eigenvalue weighted by Crippen LogP contribution is 2.18. The van der Waals surface area contributed by atoms with E-state index in [2.05, 4.69) is 10.3 Å². The van der Waals surface area contributed by atoms with Crippen LogP contribution in [0.5, 0.6) is 5.75 Å². The summed E-state index contributed by atoms with van der Waals surface area (Å²) in [4.78, 5) is 29.4. The lowest BCUT2D eigenvalue weighted by Gasteiger charge is -2.12. The monoisotopic (exact) mass is 416 g/mol. The van der Waals surface area contributed by atoms with Crippen molar-refractivity contribution in [1.82, 2.24) is 10.3 Å². The number of thiazole rings is 1. The molecule has 3 aromatic rings. The minimum absolute atomic E-state index is 0.121. The molecule has 0 fully saturated rings. The number of hydrogen-bond donors (Lipinski definition) is 1. The largest absolute Gasteiger partial charge is 0.487 e. The summed E-state index contributed by atoms with van der Waals surface area (Å²) in [5, 5.41) is 7.69. The molecule has 0 saturated heterocycles. The molecule has 28 heavy (non-hydrogen) atoms. The molecule has 2 heterocycles. The number of benzene rings is 1. The molecule has 1 N–H and O–H groups in total. The van der Waals surface area contributed by atoms with E-state index in [4.69, 9.17) is 9.47 Å². The number of aromatic nitrogens is 1. The predicted molar refractivity (Wildman–Crippen MR) is 109 cm³/mol. The van der Waals surface area contributed by atoms with Gasteiger partial charge in [0.2, 0.25) is 0 Å². The highest BCUT2D eigenvalue weighted by Gasteiger charge is 2.14. The van der Waals surface area contributed by atoms with Crippen LogP contribution in [-0.2, 0) is 16.1 Å². The lowest BCUT2D eigenvalue weighted by molar-refractivity contribution is -0.124. The van der Waals surface area contributed by atoms with Crippen molar-refractivity contribution in [3.05, 3.63) is 68.3 Å². The van der Waals surface area contributed by atoms with Gasteiger partial charge in [0, 0.05) is 10.3 Å². The van der Waals surface area contributed by atoms with Crippen molar-refractivity contribution in [3.63, 3.8) is 0 Å². The van der Waals surface area contributed by atoms with E-state index in [0.717, 1.165) is 15.6 Å². The van der Waals surface area contributed by atoms with Gasteiger partial charge in [0.05, 0.1) is 22.3 Å². The fourth-order valence-corrected chi connectivity index (χ4v) is 3.76. The molecule has 1 atom stereocenters. The molecule has 2 aromatic heterocycles. The lowest BCUT2D eigenvalue weighted by atomic mass is 10.2. The van der Waals surface area contributed by atoms with E-state index < -0.39 is 5.97 Å². The highest BCUT2D eigenvalue weighted by molar-refractivity contribution is 7.10. The Balaban J connectivity index is 1.44. The van der Waals surface area contributed by atoms with Crippen LogP contribution in [0.15, 0.2) is 47.2 Å². The molecule has 146 valence electrons. The van der Waals surface area contributed by atoms with Crippen LogP contribution < -0.4 is 10.1 Å². The van der Waals surface area contributed by atoms with Crippen molar-refractivity contribution >= 4 is 34.6 Å². The van der Waals surface area contributed by atoms with E-state index in [0.29, 0.717) is 17.9 Å². The standard InChI is InChI=1S/C20H20N2O4S2/c1-13(18-4-3-9-27-18)21-19(23)11-26-20(24)15-5-7-17(8-6-15)25-10-16-12-28-14(2)22-16/h3-9,12-13H,10-11H2,1-2H3,(H,21,23)/t13-/m1/s1. The first-order chi connectivity index (χ1) is 13.5. The molecule has 0 spiro atoms. The van der Waals surface area contributed by atoms with Gasteiger partial charge in [0.15, 0.2) is 6.61 Å². The third-order valence-electron chi connectivity index (χ3n) is 3.83. The molecular weight excluding hydrogens is 396 g/mol. The van der Waals surface area contributed by atoms with Gasteiger partial charge in [-0.1, -0.05) is 6.07 Å². The third-order valence-corrected chi connectivity index (χ3v) is 5.70. The number of esters is 1. The molecular formula is C20H20N2O4S2. The van der Waals surface area contributed by atoms with Gasteiger partial charge in [-0.15, -0.1) is 22.7 Å². The Morgan fingerprint density at radius 1 is 1.18 bits per heavy atom. The molecule has 0 bridgehead atoms. The van der Waals surface area contributed by atoms with Crippen LogP contribution in [0.4, 0.5) is 0 Å². The summed E-state index contributed by atoms with van der Waals surface area (Å²) in [7, 11) is 0. The summed E-state index contributed by atoms with van der Waals surface area (Å²) in [6, 6.07) is 10.3. The van der Waals surface area contributed by atoms with Crippen molar-refractivity contribution in [2.24, 2.45) is 0 Å². The van der Waals surface area contributed by atoms with Gasteiger partial charge in [-0.05, 0) is 49.6 Å². The molecule has 0 aliphatic heterocycles. The van der Waals surface area contributed by atoms with Gasteiger partial charge in [0.25, 0.3) is 5.91 Å². The van der Waals surface area contributed by atoms with Gasteiger partial charge in [-0.2, -0.15) is 0 Å². The van der Waals surface area contributed by atoms with E-state index in [1.165, 1.54) is 0 Å². The van der Waals surface area contributed by atoms with E-state index >= 15 is 0 Å². The zero-order chi connectivity index (χ0) is 19.9. The first kappa shape index (κ1) is 20.0. The van der Waals surface area contributed by atoms with Gasteiger partial charge >= 0.3 is 5.97 Å². The normalized spacial score (nSPS) is 11.6. The van der Waals surface area contributed by atoms with E-state index in [1.54, 1.807) is 46.9 Å². The maximum absolute atomic E-state index is 12.1. The number of ether oxygens (including phenoxy) is 2. The number of aryl methyl sites for hydroxylation is 1. The molecule has 0 unspecified atom stereocenters. The maximum atomic E-state index is 12.1. The number of carbonyl (C=O) groups is 2. The number of amides is 1. The van der Waals surface area contributed by atoms with Crippen LogP contribution in [0.3, 0.4) is 0 Å². The number of nitrogens with one attached hydrogen (secondary N) is 1. The Labute approximate surface area is 171 Å². The average Bonchev–Trinajstić information content (AvgIpc) is 3.37. The summed E-state index contributed by atoms with van der Waals surface area (Å²) in [6.45, 7) is 3.88. The molecule has 0 aliphatic carbocycles. The molecule has 0 saturated carbocycles. The molecule has 0 radical (unpaired) electrons. The Morgan fingerprint density at radius 2 is 1.96 bits per heavy atom. The average molecular weight is 417 g/mol. The Morgan fingerprint density at radius 3 is 2.61 bits per heavy atom. The first-order valence-electron chi connectivity index (χ1n) is 8.65. The number of carbonyl (C=O) groups excluding carboxylic acids is 2. The van der Waals surface area contributed by atoms with Gasteiger partial charge in [-0.25, -0.2) is 9.78 Å². The van der Waals surface area contributed by atoms with Gasteiger partial charge in [0.1, 0.15) is 12.4 Å². The summed E-state index contributed by atoms with van der Waals surface area (Å²) >= 11 is 3.13.